The summed E-state index contributed by atoms with van der Waals surface area (Å²) in [6, 6.07) is 0.408. The van der Waals surface area contributed by atoms with Crippen LogP contribution in [0.3, 0.4) is 0 Å². The highest BCUT2D eigenvalue weighted by molar-refractivity contribution is 5.02. The molecule has 2 aliphatic rings. The minimum atomic E-state index is 0.346. The molecule has 0 aromatic rings. The van der Waals surface area contributed by atoms with Crippen molar-refractivity contribution in [3.63, 3.8) is 0 Å². The lowest BCUT2D eigenvalue weighted by Crippen LogP contribution is -2.58. The van der Waals surface area contributed by atoms with Crippen LogP contribution in [0.15, 0.2) is 0 Å². The lowest BCUT2D eigenvalue weighted by molar-refractivity contribution is 0.0729. The average molecular weight is 238 g/mol. The fourth-order valence-corrected chi connectivity index (χ4v) is 3.85. The first-order valence-electron chi connectivity index (χ1n) is 7.73. The number of hydrogen-bond acceptors (Lipinski definition) is 2. The van der Waals surface area contributed by atoms with Crippen molar-refractivity contribution in [2.45, 2.75) is 76.8 Å². The Kier molecular flexibility index (Phi) is 4.48. The van der Waals surface area contributed by atoms with E-state index in [9.17, 15) is 0 Å². The van der Waals surface area contributed by atoms with Crippen LogP contribution in [0.1, 0.15) is 65.2 Å². The summed E-state index contributed by atoms with van der Waals surface area (Å²) in [5.74, 6) is 1.02. The molecule has 2 fully saturated rings. The Morgan fingerprint density at radius 3 is 2.24 bits per heavy atom. The van der Waals surface area contributed by atoms with Crippen LogP contribution in [-0.4, -0.2) is 29.6 Å². The van der Waals surface area contributed by atoms with E-state index >= 15 is 0 Å². The molecule has 0 aliphatic heterocycles. The van der Waals surface area contributed by atoms with Crippen LogP contribution in [0.25, 0.3) is 0 Å². The second-order valence-electron chi connectivity index (χ2n) is 6.11. The number of nitrogens with zero attached hydrogens (tertiary/aromatic N) is 1. The second kappa shape index (κ2) is 5.71. The maximum atomic E-state index is 6.60. The second-order valence-corrected chi connectivity index (χ2v) is 6.11. The lowest BCUT2D eigenvalue weighted by Gasteiger charge is -2.45. The van der Waals surface area contributed by atoms with E-state index in [-0.39, 0.29) is 0 Å². The minimum absolute atomic E-state index is 0.346. The van der Waals surface area contributed by atoms with Crippen LogP contribution in [0, 0.1) is 5.92 Å². The zero-order chi connectivity index (χ0) is 12.3. The molecule has 2 rings (SSSR count). The number of nitrogens with two attached hydrogens (primary N) is 1. The summed E-state index contributed by atoms with van der Waals surface area (Å²) < 4.78 is 0. The first-order chi connectivity index (χ1) is 8.23. The molecule has 2 nitrogen and oxygen atoms in total. The molecule has 0 heterocycles. The van der Waals surface area contributed by atoms with Gasteiger partial charge in [0, 0.05) is 11.6 Å². The number of hydrogen-bond donors (Lipinski definition) is 1. The van der Waals surface area contributed by atoms with Gasteiger partial charge in [0.15, 0.2) is 0 Å². The Morgan fingerprint density at radius 2 is 1.76 bits per heavy atom. The molecule has 0 spiro atoms. The Hall–Kier alpha value is -0.0800. The van der Waals surface area contributed by atoms with Crippen molar-refractivity contribution in [1.82, 2.24) is 4.90 Å². The first kappa shape index (κ1) is 13.4. The smallest absolute Gasteiger partial charge is 0.0360 e. The molecule has 2 N–H and O–H groups in total. The van der Waals surface area contributed by atoms with Gasteiger partial charge in [0.05, 0.1) is 0 Å². The summed E-state index contributed by atoms with van der Waals surface area (Å²) in [5.41, 5.74) is 6.95. The standard InChI is InChI=1S/C15H30N2/c1-3-17(4-2)15(11-5-6-12-15)14(16)10-9-13-7-8-13/h13-14H,3-12,16H2,1-2H3. The summed E-state index contributed by atoms with van der Waals surface area (Å²) in [4.78, 5) is 2.65. The summed E-state index contributed by atoms with van der Waals surface area (Å²) in [6.07, 6.45) is 11.0. The fraction of sp³-hybridized carbons (Fsp3) is 1.00. The first-order valence-corrected chi connectivity index (χ1v) is 7.73. The van der Waals surface area contributed by atoms with Gasteiger partial charge >= 0.3 is 0 Å². The van der Waals surface area contributed by atoms with E-state index in [0.29, 0.717) is 11.6 Å². The molecule has 2 saturated carbocycles. The molecule has 0 saturated heterocycles. The SMILES string of the molecule is CCN(CC)C1(C(N)CCC2CC2)CCCC1. The normalized spacial score (nSPS) is 25.4. The molecule has 0 bridgehead atoms. The van der Waals surface area contributed by atoms with Gasteiger partial charge in [-0.05, 0) is 44.7 Å². The molecule has 2 heteroatoms. The molecule has 1 unspecified atom stereocenters. The maximum Gasteiger partial charge on any atom is 0.0360 e. The predicted octanol–water partition coefficient (Wildman–Crippen LogP) is 3.16. The number of likely N-dealkylation sites (N-methyl/N-ethyl adjacent to an activating group) is 1. The Balaban J connectivity index is 1.97. The van der Waals surface area contributed by atoms with E-state index in [0.717, 1.165) is 19.0 Å². The van der Waals surface area contributed by atoms with E-state index in [4.69, 9.17) is 5.73 Å². The van der Waals surface area contributed by atoms with Crippen molar-refractivity contribution in [2.75, 3.05) is 13.1 Å². The number of rotatable bonds is 7. The van der Waals surface area contributed by atoms with Gasteiger partial charge in [0.25, 0.3) is 0 Å². The molecule has 2 aliphatic carbocycles. The summed E-state index contributed by atoms with van der Waals surface area (Å²) in [7, 11) is 0. The van der Waals surface area contributed by atoms with E-state index in [1.54, 1.807) is 0 Å². The van der Waals surface area contributed by atoms with Crippen LogP contribution >= 0.6 is 0 Å². The van der Waals surface area contributed by atoms with Gasteiger partial charge < -0.3 is 5.73 Å². The minimum Gasteiger partial charge on any atom is -0.326 e. The molecule has 100 valence electrons. The van der Waals surface area contributed by atoms with E-state index in [2.05, 4.69) is 18.7 Å². The molecular weight excluding hydrogens is 208 g/mol. The third-order valence-corrected chi connectivity index (χ3v) is 5.14. The summed E-state index contributed by atoms with van der Waals surface area (Å²) in [6.45, 7) is 6.90. The third-order valence-electron chi connectivity index (χ3n) is 5.14. The van der Waals surface area contributed by atoms with E-state index in [1.807, 2.05) is 0 Å². The molecular formula is C15H30N2. The Bertz CT molecular complexity index is 225. The highest BCUT2D eigenvalue weighted by Gasteiger charge is 2.43. The average Bonchev–Trinajstić information content (AvgIpc) is 3.05. The monoisotopic (exact) mass is 238 g/mol. The quantitative estimate of drug-likeness (QED) is 0.738. The summed E-state index contributed by atoms with van der Waals surface area (Å²) in [5, 5.41) is 0. The molecule has 0 aromatic heterocycles. The van der Waals surface area contributed by atoms with Crippen LogP contribution in [0.4, 0.5) is 0 Å². The van der Waals surface area contributed by atoms with Gasteiger partial charge in [0.2, 0.25) is 0 Å². The molecule has 0 aromatic carbocycles. The van der Waals surface area contributed by atoms with Crippen LogP contribution < -0.4 is 5.73 Å². The van der Waals surface area contributed by atoms with Gasteiger partial charge in [-0.2, -0.15) is 0 Å². The van der Waals surface area contributed by atoms with Gasteiger partial charge in [-0.3, -0.25) is 4.90 Å². The molecule has 0 radical (unpaired) electrons. The Morgan fingerprint density at radius 1 is 1.18 bits per heavy atom. The van der Waals surface area contributed by atoms with Gasteiger partial charge in [-0.1, -0.05) is 39.5 Å². The van der Waals surface area contributed by atoms with Gasteiger partial charge in [-0.15, -0.1) is 0 Å². The van der Waals surface area contributed by atoms with Gasteiger partial charge in [-0.25, -0.2) is 0 Å². The highest BCUT2D eigenvalue weighted by atomic mass is 15.2. The topological polar surface area (TPSA) is 29.3 Å². The van der Waals surface area contributed by atoms with Crippen molar-refractivity contribution < 1.29 is 0 Å². The predicted molar refractivity (Wildman–Crippen MR) is 74.1 cm³/mol. The zero-order valence-electron chi connectivity index (χ0n) is 11.8. The van der Waals surface area contributed by atoms with E-state index in [1.165, 1.54) is 51.4 Å². The summed E-state index contributed by atoms with van der Waals surface area (Å²) >= 11 is 0. The maximum absolute atomic E-state index is 6.60. The van der Waals surface area contributed by atoms with Crippen molar-refractivity contribution in [1.29, 1.82) is 0 Å². The zero-order valence-corrected chi connectivity index (χ0v) is 11.8. The largest absolute Gasteiger partial charge is 0.326 e. The van der Waals surface area contributed by atoms with Crippen molar-refractivity contribution in [2.24, 2.45) is 11.7 Å². The fourth-order valence-electron chi connectivity index (χ4n) is 3.85. The van der Waals surface area contributed by atoms with Crippen LogP contribution in [0.5, 0.6) is 0 Å². The van der Waals surface area contributed by atoms with E-state index < -0.39 is 0 Å². The van der Waals surface area contributed by atoms with Crippen molar-refractivity contribution >= 4 is 0 Å². The Labute approximate surface area is 107 Å². The molecule has 0 amide bonds. The van der Waals surface area contributed by atoms with Crippen LogP contribution in [-0.2, 0) is 0 Å². The third kappa shape index (κ3) is 2.85. The van der Waals surface area contributed by atoms with Crippen molar-refractivity contribution in [3.05, 3.63) is 0 Å². The van der Waals surface area contributed by atoms with Crippen molar-refractivity contribution in [3.8, 4) is 0 Å². The highest BCUT2D eigenvalue weighted by Crippen LogP contribution is 2.41. The molecule has 1 atom stereocenters. The van der Waals surface area contributed by atoms with Gasteiger partial charge in [0.1, 0.15) is 0 Å². The lowest BCUT2D eigenvalue weighted by atomic mass is 9.83. The molecule has 17 heavy (non-hydrogen) atoms. The van der Waals surface area contributed by atoms with Crippen LogP contribution in [0.2, 0.25) is 0 Å².